The number of hydrogen-bond donors (Lipinski definition) is 2. The first kappa shape index (κ1) is 21.9. The largest absolute Gasteiger partial charge is 0.494 e. The van der Waals surface area contributed by atoms with E-state index in [0.717, 1.165) is 12.8 Å². The lowest BCUT2D eigenvalue weighted by Gasteiger charge is -2.11. The molecule has 3 N–H and O–H groups in total. The first-order chi connectivity index (χ1) is 14.4. The van der Waals surface area contributed by atoms with Crippen molar-refractivity contribution >= 4 is 45.2 Å². The van der Waals surface area contributed by atoms with Crippen LogP contribution in [0.2, 0.25) is 5.02 Å². The fraction of sp³-hybridized carbons (Fsp3) is 0.190. The van der Waals surface area contributed by atoms with Crippen LogP contribution in [-0.4, -0.2) is 28.2 Å². The summed E-state index contributed by atoms with van der Waals surface area (Å²) in [5.41, 5.74) is 6.29. The van der Waals surface area contributed by atoms with Crippen LogP contribution >= 0.6 is 27.5 Å². The average Bonchev–Trinajstić information content (AvgIpc) is 3.14. The van der Waals surface area contributed by atoms with Gasteiger partial charge in [0.1, 0.15) is 11.6 Å². The number of halogens is 2. The zero-order valence-electron chi connectivity index (χ0n) is 16.2. The Morgan fingerprint density at radius 1 is 1.23 bits per heavy atom. The Balaban J connectivity index is 1.94. The average molecular weight is 492 g/mol. The minimum absolute atomic E-state index is 0.0166. The fourth-order valence-electron chi connectivity index (χ4n) is 2.68. The predicted octanol–water partition coefficient (Wildman–Crippen LogP) is 4.82. The van der Waals surface area contributed by atoms with Crippen molar-refractivity contribution in [2.75, 3.05) is 11.9 Å². The van der Waals surface area contributed by atoms with Crippen molar-refractivity contribution in [2.24, 2.45) is 5.73 Å². The van der Waals surface area contributed by atoms with Gasteiger partial charge in [-0.15, -0.1) is 0 Å². The molecule has 1 heterocycles. The molecule has 3 rings (SSSR count). The van der Waals surface area contributed by atoms with E-state index in [9.17, 15) is 9.59 Å². The molecule has 30 heavy (non-hydrogen) atoms. The first-order valence-corrected chi connectivity index (χ1v) is 10.5. The molecule has 2 aromatic carbocycles. The molecule has 156 valence electrons. The summed E-state index contributed by atoms with van der Waals surface area (Å²) in [6, 6.07) is 13.6. The number of amides is 2. The fourth-order valence-corrected chi connectivity index (χ4v) is 3.25. The number of carbonyl (C=O) groups excluding carboxylic acids is 2. The molecule has 0 spiro atoms. The Kier molecular flexibility index (Phi) is 7.12. The second-order valence-electron chi connectivity index (χ2n) is 6.47. The third kappa shape index (κ3) is 5.20. The molecule has 0 radical (unpaired) electrons. The van der Waals surface area contributed by atoms with Gasteiger partial charge in [0.05, 0.1) is 22.9 Å². The molecule has 0 aliphatic heterocycles. The number of nitrogens with two attached hydrogens (primary N) is 1. The van der Waals surface area contributed by atoms with Crippen LogP contribution in [0, 0.1) is 0 Å². The molecule has 0 atom stereocenters. The van der Waals surface area contributed by atoms with Crippen LogP contribution in [-0.2, 0) is 0 Å². The van der Waals surface area contributed by atoms with E-state index in [-0.39, 0.29) is 17.1 Å². The molecule has 0 fully saturated rings. The quantitative estimate of drug-likeness (QED) is 0.441. The Morgan fingerprint density at radius 3 is 2.77 bits per heavy atom. The van der Waals surface area contributed by atoms with Gasteiger partial charge in [-0.1, -0.05) is 46.9 Å². The van der Waals surface area contributed by atoms with Crippen LogP contribution in [0.1, 0.15) is 40.6 Å². The van der Waals surface area contributed by atoms with Crippen molar-refractivity contribution in [1.29, 1.82) is 0 Å². The Labute approximate surface area is 187 Å². The molecule has 9 heteroatoms. The highest BCUT2D eigenvalue weighted by Gasteiger charge is 2.18. The van der Waals surface area contributed by atoms with Crippen LogP contribution in [0.5, 0.6) is 5.75 Å². The van der Waals surface area contributed by atoms with Crippen LogP contribution in [0.3, 0.4) is 0 Å². The van der Waals surface area contributed by atoms with E-state index in [1.54, 1.807) is 36.4 Å². The highest BCUT2D eigenvalue weighted by atomic mass is 79.9. The maximum Gasteiger partial charge on any atom is 0.269 e. The van der Waals surface area contributed by atoms with Gasteiger partial charge in [0, 0.05) is 16.6 Å². The topological polar surface area (TPSA) is 99.2 Å². The van der Waals surface area contributed by atoms with E-state index in [0.29, 0.717) is 27.5 Å². The maximum absolute atomic E-state index is 12.8. The smallest absolute Gasteiger partial charge is 0.269 e. The molecule has 2 amide bonds. The zero-order chi connectivity index (χ0) is 21.7. The molecule has 0 aliphatic carbocycles. The lowest BCUT2D eigenvalue weighted by atomic mass is 10.2. The third-order valence-electron chi connectivity index (χ3n) is 4.21. The molecular weight excluding hydrogens is 472 g/mol. The summed E-state index contributed by atoms with van der Waals surface area (Å²) in [5.74, 6) is -0.228. The van der Waals surface area contributed by atoms with E-state index in [4.69, 9.17) is 22.1 Å². The number of rotatable bonds is 8. The SMILES string of the molecule is CCCCOc1cccc(-n2nc(C(N)=O)cc2NC(=O)c2cc(Br)ccc2Cl)c1. The summed E-state index contributed by atoms with van der Waals surface area (Å²) in [6.45, 7) is 2.68. The summed E-state index contributed by atoms with van der Waals surface area (Å²) < 4.78 is 7.88. The Hall–Kier alpha value is -2.84. The van der Waals surface area contributed by atoms with E-state index >= 15 is 0 Å². The molecule has 7 nitrogen and oxygen atoms in total. The Morgan fingerprint density at radius 2 is 2.03 bits per heavy atom. The third-order valence-corrected chi connectivity index (χ3v) is 5.03. The van der Waals surface area contributed by atoms with Crippen molar-refractivity contribution in [3.05, 3.63) is 69.3 Å². The van der Waals surface area contributed by atoms with E-state index in [2.05, 4.69) is 33.3 Å². The normalized spacial score (nSPS) is 10.6. The van der Waals surface area contributed by atoms with Crippen molar-refractivity contribution < 1.29 is 14.3 Å². The van der Waals surface area contributed by atoms with Gasteiger partial charge in [-0.25, -0.2) is 4.68 Å². The molecule has 0 saturated heterocycles. The zero-order valence-corrected chi connectivity index (χ0v) is 18.5. The van der Waals surface area contributed by atoms with Gasteiger partial charge in [-0.2, -0.15) is 5.10 Å². The van der Waals surface area contributed by atoms with Gasteiger partial charge in [0.2, 0.25) is 0 Å². The minimum Gasteiger partial charge on any atom is -0.494 e. The number of nitrogens with zero attached hydrogens (tertiary/aromatic N) is 2. The van der Waals surface area contributed by atoms with Crippen LogP contribution < -0.4 is 15.8 Å². The number of carbonyl (C=O) groups is 2. The van der Waals surface area contributed by atoms with Gasteiger partial charge in [0.15, 0.2) is 5.69 Å². The number of primary amides is 1. The summed E-state index contributed by atoms with van der Waals surface area (Å²) >= 11 is 9.48. The number of unbranched alkanes of at least 4 members (excludes halogenated alkanes) is 1. The maximum atomic E-state index is 12.8. The van der Waals surface area contributed by atoms with Crippen LogP contribution in [0.25, 0.3) is 5.69 Å². The lowest BCUT2D eigenvalue weighted by molar-refractivity contribution is 0.0992. The molecular formula is C21H20BrClN4O3. The van der Waals surface area contributed by atoms with E-state index in [1.165, 1.54) is 10.7 Å². The first-order valence-electron chi connectivity index (χ1n) is 9.28. The van der Waals surface area contributed by atoms with Crippen molar-refractivity contribution in [3.8, 4) is 11.4 Å². The van der Waals surface area contributed by atoms with Gasteiger partial charge >= 0.3 is 0 Å². The molecule has 1 aromatic heterocycles. The van der Waals surface area contributed by atoms with Gasteiger partial charge in [-0.3, -0.25) is 9.59 Å². The predicted molar refractivity (Wildman–Crippen MR) is 120 cm³/mol. The Bertz CT molecular complexity index is 1080. The van der Waals surface area contributed by atoms with Crippen molar-refractivity contribution in [2.45, 2.75) is 19.8 Å². The van der Waals surface area contributed by atoms with E-state index < -0.39 is 11.8 Å². The minimum atomic E-state index is -0.708. The van der Waals surface area contributed by atoms with Gasteiger partial charge in [0.25, 0.3) is 11.8 Å². The molecule has 0 unspecified atom stereocenters. The molecule has 0 bridgehead atoms. The monoisotopic (exact) mass is 490 g/mol. The van der Waals surface area contributed by atoms with Crippen molar-refractivity contribution in [1.82, 2.24) is 9.78 Å². The van der Waals surface area contributed by atoms with Gasteiger partial charge in [-0.05, 0) is 36.8 Å². The molecule has 0 saturated carbocycles. The number of ether oxygens (including phenoxy) is 1. The summed E-state index contributed by atoms with van der Waals surface area (Å²) in [5, 5.41) is 7.28. The van der Waals surface area contributed by atoms with Gasteiger partial charge < -0.3 is 15.8 Å². The van der Waals surface area contributed by atoms with Crippen LogP contribution in [0.15, 0.2) is 53.0 Å². The number of anilines is 1. The highest BCUT2D eigenvalue weighted by Crippen LogP contribution is 2.25. The number of hydrogen-bond acceptors (Lipinski definition) is 4. The number of aromatic nitrogens is 2. The molecule has 0 aliphatic rings. The van der Waals surface area contributed by atoms with Crippen molar-refractivity contribution in [3.63, 3.8) is 0 Å². The summed E-state index contributed by atoms with van der Waals surface area (Å²) in [4.78, 5) is 24.5. The lowest BCUT2D eigenvalue weighted by Crippen LogP contribution is -2.15. The van der Waals surface area contributed by atoms with E-state index in [1.807, 2.05) is 6.07 Å². The number of nitrogens with one attached hydrogen (secondary N) is 1. The molecule has 3 aromatic rings. The second kappa shape index (κ2) is 9.77. The van der Waals surface area contributed by atoms with Crippen LogP contribution in [0.4, 0.5) is 5.82 Å². The second-order valence-corrected chi connectivity index (χ2v) is 7.79. The summed E-state index contributed by atoms with van der Waals surface area (Å²) in [7, 11) is 0. The highest BCUT2D eigenvalue weighted by molar-refractivity contribution is 9.10. The number of benzene rings is 2. The standard InChI is InChI=1S/C21H20BrClN4O3/c1-2-3-9-30-15-6-4-5-14(11-15)27-19(12-18(26-27)20(24)28)25-21(29)16-10-13(22)7-8-17(16)23/h4-8,10-12H,2-3,9H2,1H3,(H2,24,28)(H,25,29). The summed E-state index contributed by atoms with van der Waals surface area (Å²) in [6.07, 6.45) is 1.96.